The Morgan fingerprint density at radius 2 is 2.16 bits per heavy atom. The molecule has 1 saturated heterocycles. The van der Waals surface area contributed by atoms with Gasteiger partial charge in [-0.15, -0.1) is 12.4 Å². The molecule has 10 heteroatoms. The van der Waals surface area contributed by atoms with E-state index in [0.29, 0.717) is 19.4 Å². The molecule has 2 atom stereocenters. The molecule has 2 rings (SSSR count). The van der Waals surface area contributed by atoms with Crippen molar-refractivity contribution in [3.05, 3.63) is 34.6 Å². The molecule has 0 aliphatic carbocycles. The third kappa shape index (κ3) is 5.03. The average molecular weight is 416 g/mol. The zero-order chi connectivity index (χ0) is 17.9. The minimum Gasteiger partial charge on any atom is -0.381 e. The lowest BCUT2D eigenvalue weighted by Crippen LogP contribution is -2.54. The van der Waals surface area contributed by atoms with E-state index < -0.39 is 16.0 Å². The number of benzene rings is 1. The minimum absolute atomic E-state index is 0. The zero-order valence-electron chi connectivity index (χ0n) is 14.2. The number of methoxy groups -OCH3 is 1. The molecule has 1 aliphatic heterocycles. The smallest absolute Gasteiger partial charge is 0.282 e. The number of hydrogen-bond donors (Lipinski definition) is 1. The van der Waals surface area contributed by atoms with Crippen LogP contribution in [0.15, 0.2) is 18.2 Å². The molecule has 0 aromatic heterocycles. The minimum atomic E-state index is -3.78. The summed E-state index contributed by atoms with van der Waals surface area (Å²) in [4.78, 5) is 0. The van der Waals surface area contributed by atoms with Crippen LogP contribution >= 0.6 is 24.0 Å². The fourth-order valence-electron chi connectivity index (χ4n) is 2.89. The van der Waals surface area contributed by atoms with Crippen molar-refractivity contribution in [2.45, 2.75) is 31.5 Å². The molecule has 1 fully saturated rings. The number of piperidine rings is 1. The number of hydrogen-bond acceptors (Lipinski definition) is 4. The Kier molecular flexibility index (Phi) is 8.53. The van der Waals surface area contributed by atoms with E-state index in [4.69, 9.17) is 22.1 Å². The molecule has 6 nitrogen and oxygen atoms in total. The van der Waals surface area contributed by atoms with Crippen LogP contribution in [0.5, 0.6) is 0 Å². The van der Waals surface area contributed by atoms with Crippen molar-refractivity contribution in [2.75, 3.05) is 27.2 Å². The van der Waals surface area contributed by atoms with Crippen LogP contribution in [0, 0.1) is 5.82 Å². The summed E-state index contributed by atoms with van der Waals surface area (Å²) in [6, 6.07) is 3.93. The largest absolute Gasteiger partial charge is 0.381 e. The van der Waals surface area contributed by atoms with Crippen molar-refractivity contribution in [3.8, 4) is 0 Å². The molecule has 2 unspecified atom stereocenters. The summed E-state index contributed by atoms with van der Waals surface area (Å²) in [5.74, 6) is -0.530. The van der Waals surface area contributed by atoms with E-state index in [1.807, 2.05) is 0 Å². The van der Waals surface area contributed by atoms with Crippen LogP contribution in [-0.2, 0) is 21.5 Å². The lowest BCUT2D eigenvalue weighted by atomic mass is 10.0. The maximum absolute atomic E-state index is 13.9. The number of nitrogens with zero attached hydrogens (tertiary/aromatic N) is 2. The van der Waals surface area contributed by atoms with E-state index >= 15 is 0 Å². The van der Waals surface area contributed by atoms with Crippen LogP contribution in [0.3, 0.4) is 0 Å². The predicted octanol–water partition coefficient (Wildman–Crippen LogP) is 2.02. The number of halogens is 3. The third-order valence-corrected chi connectivity index (χ3v) is 6.70. The molecule has 1 aromatic carbocycles. The van der Waals surface area contributed by atoms with Crippen molar-refractivity contribution in [2.24, 2.45) is 5.73 Å². The summed E-state index contributed by atoms with van der Waals surface area (Å²) in [5.41, 5.74) is 5.90. The first-order chi connectivity index (χ1) is 11.3. The summed E-state index contributed by atoms with van der Waals surface area (Å²) in [5, 5.41) is 0.200. The molecule has 2 N–H and O–H groups in total. The molecule has 0 bridgehead atoms. The standard InChI is InChI=1S/C15H23ClFN3O3S.ClH/c1-19(10-13-14(16)4-3-5-15(13)17)24(21,22)20-7-6-12(23-2)8-11(20)9-18;/h3-5,11-12H,6-10,18H2,1-2H3;1H. The van der Waals surface area contributed by atoms with Crippen molar-refractivity contribution in [1.29, 1.82) is 0 Å². The van der Waals surface area contributed by atoms with Gasteiger partial charge in [0.25, 0.3) is 10.2 Å². The molecule has 0 radical (unpaired) electrons. The van der Waals surface area contributed by atoms with E-state index in [2.05, 4.69) is 0 Å². The molecule has 1 heterocycles. The van der Waals surface area contributed by atoms with Crippen LogP contribution in [0.2, 0.25) is 5.02 Å². The predicted molar refractivity (Wildman–Crippen MR) is 98.6 cm³/mol. The maximum atomic E-state index is 13.9. The highest BCUT2D eigenvalue weighted by Gasteiger charge is 2.37. The van der Waals surface area contributed by atoms with Crippen LogP contribution in [0.4, 0.5) is 4.39 Å². The molecular formula is C15H24Cl2FN3O3S. The number of rotatable bonds is 6. The van der Waals surface area contributed by atoms with Crippen LogP contribution in [0.1, 0.15) is 18.4 Å². The van der Waals surface area contributed by atoms with E-state index in [1.165, 1.54) is 29.6 Å². The van der Waals surface area contributed by atoms with Crippen molar-refractivity contribution < 1.29 is 17.5 Å². The zero-order valence-corrected chi connectivity index (χ0v) is 16.6. The molecule has 0 spiro atoms. The lowest BCUT2D eigenvalue weighted by Gasteiger charge is -2.39. The summed E-state index contributed by atoms with van der Waals surface area (Å²) in [6.07, 6.45) is 1.14. The third-order valence-electron chi connectivity index (χ3n) is 4.35. The fraction of sp³-hybridized carbons (Fsp3) is 0.600. The normalized spacial score (nSPS) is 22.0. The second-order valence-corrected chi connectivity index (χ2v) is 8.24. The first-order valence-electron chi connectivity index (χ1n) is 7.70. The van der Waals surface area contributed by atoms with Crippen LogP contribution < -0.4 is 5.73 Å². The summed E-state index contributed by atoms with van der Waals surface area (Å²) in [7, 11) is -0.764. The topological polar surface area (TPSA) is 75.9 Å². The molecule has 1 aliphatic rings. The van der Waals surface area contributed by atoms with E-state index in [-0.39, 0.29) is 48.2 Å². The highest BCUT2D eigenvalue weighted by Crippen LogP contribution is 2.26. The van der Waals surface area contributed by atoms with Gasteiger partial charge in [0.1, 0.15) is 5.82 Å². The first kappa shape index (κ1) is 22.6. The Balaban J connectivity index is 0.00000312. The Labute approximate surface area is 159 Å². The Morgan fingerprint density at radius 1 is 1.48 bits per heavy atom. The molecule has 1 aromatic rings. The van der Waals surface area contributed by atoms with Crippen molar-refractivity contribution in [3.63, 3.8) is 0 Å². The van der Waals surface area contributed by atoms with Gasteiger partial charge in [0.05, 0.1) is 6.10 Å². The molecule has 25 heavy (non-hydrogen) atoms. The molecule has 0 amide bonds. The second kappa shape index (κ2) is 9.45. The van der Waals surface area contributed by atoms with E-state index in [1.54, 1.807) is 7.11 Å². The average Bonchev–Trinajstić information content (AvgIpc) is 2.57. The van der Waals surface area contributed by atoms with Gasteiger partial charge in [0.15, 0.2) is 0 Å². The lowest BCUT2D eigenvalue weighted by molar-refractivity contribution is 0.0386. The van der Waals surface area contributed by atoms with Gasteiger partial charge in [-0.05, 0) is 25.0 Å². The quantitative estimate of drug-likeness (QED) is 0.770. The van der Waals surface area contributed by atoms with E-state index in [9.17, 15) is 12.8 Å². The van der Waals surface area contributed by atoms with Gasteiger partial charge in [-0.1, -0.05) is 17.7 Å². The van der Waals surface area contributed by atoms with Gasteiger partial charge < -0.3 is 10.5 Å². The highest BCUT2D eigenvalue weighted by atomic mass is 35.5. The SMILES string of the molecule is COC1CCN(S(=O)(=O)N(C)Cc2c(F)cccc2Cl)C(CN)C1.Cl. The summed E-state index contributed by atoms with van der Waals surface area (Å²) >= 11 is 5.99. The molecular weight excluding hydrogens is 392 g/mol. The second-order valence-electron chi connectivity index (χ2n) is 5.85. The monoisotopic (exact) mass is 415 g/mol. The Bertz CT molecular complexity index is 658. The van der Waals surface area contributed by atoms with Crippen LogP contribution in [0.25, 0.3) is 0 Å². The number of ether oxygens (including phenoxy) is 1. The molecule has 144 valence electrons. The van der Waals surface area contributed by atoms with Crippen molar-refractivity contribution >= 4 is 34.2 Å². The van der Waals surface area contributed by atoms with Gasteiger partial charge in [0.2, 0.25) is 0 Å². The molecule has 0 saturated carbocycles. The van der Waals surface area contributed by atoms with Gasteiger partial charge in [-0.2, -0.15) is 17.0 Å². The maximum Gasteiger partial charge on any atom is 0.282 e. The first-order valence-corrected chi connectivity index (χ1v) is 9.47. The highest BCUT2D eigenvalue weighted by molar-refractivity contribution is 7.86. The van der Waals surface area contributed by atoms with Crippen molar-refractivity contribution in [1.82, 2.24) is 8.61 Å². The Hall–Kier alpha value is -0.480. The Morgan fingerprint density at radius 3 is 2.72 bits per heavy atom. The van der Waals surface area contributed by atoms with Gasteiger partial charge in [-0.3, -0.25) is 0 Å². The summed E-state index contributed by atoms with van der Waals surface area (Å²) < 4.78 is 47.4. The van der Waals surface area contributed by atoms with Crippen LogP contribution in [-0.4, -0.2) is 56.4 Å². The van der Waals surface area contributed by atoms with Gasteiger partial charge >= 0.3 is 0 Å². The van der Waals surface area contributed by atoms with E-state index in [0.717, 1.165) is 4.31 Å². The van der Waals surface area contributed by atoms with Gasteiger partial charge in [0, 0.05) is 50.4 Å². The van der Waals surface area contributed by atoms with Gasteiger partial charge in [-0.25, -0.2) is 4.39 Å². The fourth-order valence-corrected chi connectivity index (χ4v) is 4.65. The summed E-state index contributed by atoms with van der Waals surface area (Å²) in [6.45, 7) is 0.376. The number of nitrogens with two attached hydrogens (primary N) is 1.